The highest BCUT2D eigenvalue weighted by atomic mass is 16.3. The standard InChI is InChI=1S/C24H20N2O2/c1-16-7-13-22(17(2)15-16)26-23(14-10-18-8-11-19(27)12-9-18)25-21-6-4-3-5-20(21)24(26)28/h3-15,27H,1-2H3. The maximum Gasteiger partial charge on any atom is 0.266 e. The Morgan fingerprint density at radius 2 is 1.68 bits per heavy atom. The molecule has 0 atom stereocenters. The SMILES string of the molecule is Cc1ccc(-n2c(C=Cc3ccc(O)cc3)nc3ccccc3c2=O)c(C)c1. The van der Waals surface area contributed by atoms with Crippen LogP contribution in [0, 0.1) is 13.8 Å². The van der Waals surface area contributed by atoms with Crippen molar-refractivity contribution in [2.45, 2.75) is 13.8 Å². The molecule has 0 unspecified atom stereocenters. The largest absolute Gasteiger partial charge is 0.508 e. The van der Waals surface area contributed by atoms with E-state index in [1.165, 1.54) is 0 Å². The Bertz CT molecular complexity index is 1250. The van der Waals surface area contributed by atoms with Gasteiger partial charge in [0.1, 0.15) is 11.6 Å². The molecule has 3 aromatic carbocycles. The maximum atomic E-state index is 13.3. The molecule has 4 heteroatoms. The van der Waals surface area contributed by atoms with Crippen molar-refractivity contribution in [3.8, 4) is 11.4 Å². The van der Waals surface area contributed by atoms with Crippen LogP contribution in [0.2, 0.25) is 0 Å². The highest BCUT2D eigenvalue weighted by Crippen LogP contribution is 2.19. The van der Waals surface area contributed by atoms with Crippen molar-refractivity contribution < 1.29 is 5.11 Å². The number of aromatic hydroxyl groups is 1. The molecule has 0 spiro atoms. The van der Waals surface area contributed by atoms with Crippen LogP contribution in [0.15, 0.2) is 71.5 Å². The highest BCUT2D eigenvalue weighted by Gasteiger charge is 2.12. The van der Waals surface area contributed by atoms with Gasteiger partial charge >= 0.3 is 0 Å². The second-order valence-electron chi connectivity index (χ2n) is 6.84. The van der Waals surface area contributed by atoms with E-state index in [4.69, 9.17) is 4.98 Å². The molecule has 4 nitrogen and oxygen atoms in total. The molecular weight excluding hydrogens is 348 g/mol. The number of rotatable bonds is 3. The number of nitrogens with zero attached hydrogens (tertiary/aromatic N) is 2. The second-order valence-corrected chi connectivity index (χ2v) is 6.84. The second kappa shape index (κ2) is 7.16. The monoisotopic (exact) mass is 368 g/mol. The molecule has 1 aromatic heterocycles. The van der Waals surface area contributed by atoms with E-state index in [-0.39, 0.29) is 11.3 Å². The molecule has 0 fully saturated rings. The van der Waals surface area contributed by atoms with Gasteiger partial charge in [0.2, 0.25) is 0 Å². The number of hydrogen-bond acceptors (Lipinski definition) is 3. The Labute approximate surface area is 163 Å². The van der Waals surface area contributed by atoms with Crippen LogP contribution in [0.4, 0.5) is 0 Å². The summed E-state index contributed by atoms with van der Waals surface area (Å²) in [5.74, 6) is 0.775. The number of phenolic OH excluding ortho intramolecular Hbond substituents is 1. The lowest BCUT2D eigenvalue weighted by molar-refractivity contribution is 0.475. The van der Waals surface area contributed by atoms with Crippen LogP contribution in [0.3, 0.4) is 0 Å². The van der Waals surface area contributed by atoms with Crippen LogP contribution in [0.5, 0.6) is 5.75 Å². The molecule has 1 heterocycles. The Morgan fingerprint density at radius 1 is 0.929 bits per heavy atom. The van der Waals surface area contributed by atoms with Crippen LogP contribution in [0.1, 0.15) is 22.5 Å². The first-order valence-electron chi connectivity index (χ1n) is 9.09. The molecule has 4 rings (SSSR count). The number of phenols is 1. The molecule has 4 aromatic rings. The van der Waals surface area contributed by atoms with Crippen molar-refractivity contribution in [2.75, 3.05) is 0 Å². The van der Waals surface area contributed by atoms with Crippen molar-refractivity contribution in [3.63, 3.8) is 0 Å². The van der Waals surface area contributed by atoms with E-state index in [1.807, 2.05) is 68.5 Å². The molecule has 138 valence electrons. The number of benzene rings is 3. The Hall–Kier alpha value is -3.66. The van der Waals surface area contributed by atoms with E-state index in [0.717, 1.165) is 22.4 Å². The van der Waals surface area contributed by atoms with E-state index >= 15 is 0 Å². The first-order valence-corrected chi connectivity index (χ1v) is 9.09. The number of aryl methyl sites for hydroxylation is 2. The third kappa shape index (κ3) is 3.32. The minimum Gasteiger partial charge on any atom is -0.508 e. The molecule has 0 aliphatic rings. The molecule has 0 aliphatic heterocycles. The zero-order chi connectivity index (χ0) is 19.7. The first kappa shape index (κ1) is 17.7. The minimum atomic E-state index is -0.0945. The maximum absolute atomic E-state index is 13.3. The van der Waals surface area contributed by atoms with Crippen LogP contribution in [-0.2, 0) is 0 Å². The molecule has 0 amide bonds. The van der Waals surface area contributed by atoms with E-state index in [9.17, 15) is 9.90 Å². The van der Waals surface area contributed by atoms with Gasteiger partial charge in [0.25, 0.3) is 5.56 Å². The fourth-order valence-corrected chi connectivity index (χ4v) is 3.31. The van der Waals surface area contributed by atoms with Gasteiger partial charge in [0.05, 0.1) is 16.6 Å². The Morgan fingerprint density at radius 3 is 2.43 bits per heavy atom. The van der Waals surface area contributed by atoms with Crippen LogP contribution in [-0.4, -0.2) is 14.7 Å². The molecule has 0 aliphatic carbocycles. The zero-order valence-corrected chi connectivity index (χ0v) is 15.8. The summed E-state index contributed by atoms with van der Waals surface area (Å²) < 4.78 is 1.66. The minimum absolute atomic E-state index is 0.0945. The van der Waals surface area contributed by atoms with E-state index < -0.39 is 0 Å². The molecular formula is C24H20N2O2. The summed E-state index contributed by atoms with van der Waals surface area (Å²) in [7, 11) is 0. The summed E-state index contributed by atoms with van der Waals surface area (Å²) >= 11 is 0. The average Bonchev–Trinajstić information content (AvgIpc) is 2.69. The van der Waals surface area contributed by atoms with Crippen molar-refractivity contribution in [1.29, 1.82) is 0 Å². The lowest BCUT2D eigenvalue weighted by atomic mass is 10.1. The average molecular weight is 368 g/mol. The van der Waals surface area contributed by atoms with Crippen molar-refractivity contribution >= 4 is 23.1 Å². The topological polar surface area (TPSA) is 55.1 Å². The first-order chi connectivity index (χ1) is 13.5. The normalized spacial score (nSPS) is 11.4. The molecule has 0 saturated heterocycles. The summed E-state index contributed by atoms with van der Waals surface area (Å²) in [6.07, 6.45) is 3.72. The van der Waals surface area contributed by atoms with E-state index in [2.05, 4.69) is 6.07 Å². The van der Waals surface area contributed by atoms with Gasteiger partial charge in [-0.25, -0.2) is 4.98 Å². The molecule has 28 heavy (non-hydrogen) atoms. The fourth-order valence-electron chi connectivity index (χ4n) is 3.31. The number of aromatic nitrogens is 2. The predicted molar refractivity (Wildman–Crippen MR) is 114 cm³/mol. The number of hydrogen-bond donors (Lipinski definition) is 1. The number of fused-ring (bicyclic) bond motifs is 1. The van der Waals surface area contributed by atoms with E-state index in [0.29, 0.717) is 16.7 Å². The summed E-state index contributed by atoms with van der Waals surface area (Å²) in [5.41, 5.74) is 4.45. The Kier molecular flexibility index (Phi) is 4.53. The molecule has 0 radical (unpaired) electrons. The van der Waals surface area contributed by atoms with Crippen molar-refractivity contribution in [1.82, 2.24) is 9.55 Å². The van der Waals surface area contributed by atoms with Crippen LogP contribution >= 0.6 is 0 Å². The molecule has 0 saturated carbocycles. The van der Waals surface area contributed by atoms with Gasteiger partial charge in [-0.2, -0.15) is 0 Å². The lowest BCUT2D eigenvalue weighted by Crippen LogP contribution is -2.23. The quantitative estimate of drug-likeness (QED) is 0.561. The zero-order valence-electron chi connectivity index (χ0n) is 15.8. The third-order valence-electron chi connectivity index (χ3n) is 4.71. The molecule has 0 bridgehead atoms. The van der Waals surface area contributed by atoms with Gasteiger partial charge in [0, 0.05) is 0 Å². The van der Waals surface area contributed by atoms with Crippen molar-refractivity contribution in [2.24, 2.45) is 0 Å². The van der Waals surface area contributed by atoms with Gasteiger partial charge in [0.15, 0.2) is 0 Å². The highest BCUT2D eigenvalue weighted by molar-refractivity contribution is 5.80. The molecule has 1 N–H and O–H groups in total. The van der Waals surface area contributed by atoms with Crippen LogP contribution in [0.25, 0.3) is 28.7 Å². The number of para-hydroxylation sites is 1. The van der Waals surface area contributed by atoms with Gasteiger partial charge in [-0.1, -0.05) is 48.0 Å². The summed E-state index contributed by atoms with van der Waals surface area (Å²) in [6, 6.07) is 20.3. The van der Waals surface area contributed by atoms with Gasteiger partial charge < -0.3 is 5.11 Å². The smallest absolute Gasteiger partial charge is 0.266 e. The van der Waals surface area contributed by atoms with Crippen molar-refractivity contribution in [3.05, 3.63) is 99.6 Å². The fraction of sp³-hybridized carbons (Fsp3) is 0.0833. The van der Waals surface area contributed by atoms with Crippen LogP contribution < -0.4 is 5.56 Å². The third-order valence-corrected chi connectivity index (χ3v) is 4.71. The summed E-state index contributed by atoms with van der Waals surface area (Å²) in [6.45, 7) is 4.03. The van der Waals surface area contributed by atoms with Gasteiger partial charge in [-0.3, -0.25) is 9.36 Å². The van der Waals surface area contributed by atoms with Gasteiger partial charge in [-0.15, -0.1) is 0 Å². The summed E-state index contributed by atoms with van der Waals surface area (Å²) in [4.78, 5) is 18.0. The Balaban J connectivity index is 1.95. The summed E-state index contributed by atoms with van der Waals surface area (Å²) in [5, 5.41) is 10.0. The predicted octanol–water partition coefficient (Wildman–Crippen LogP) is 4.88. The van der Waals surface area contributed by atoms with Gasteiger partial charge in [-0.05, 0) is 61.4 Å². The lowest BCUT2D eigenvalue weighted by Gasteiger charge is -2.14. The van der Waals surface area contributed by atoms with E-state index in [1.54, 1.807) is 22.8 Å².